The fourth-order valence-corrected chi connectivity index (χ4v) is 1.66. The van der Waals surface area contributed by atoms with Gasteiger partial charge in [-0.25, -0.2) is 0 Å². The van der Waals surface area contributed by atoms with Crippen LogP contribution in [0.3, 0.4) is 0 Å². The van der Waals surface area contributed by atoms with Crippen LogP contribution in [0.4, 0.5) is 0 Å². The average Bonchev–Trinajstić information content (AvgIpc) is 2.48. The van der Waals surface area contributed by atoms with Crippen molar-refractivity contribution in [2.24, 2.45) is 0 Å². The summed E-state index contributed by atoms with van der Waals surface area (Å²) in [6.45, 7) is 3.59. The van der Waals surface area contributed by atoms with Gasteiger partial charge < -0.3 is 9.47 Å². The summed E-state index contributed by atoms with van der Waals surface area (Å²) in [6, 6.07) is 0. The van der Waals surface area contributed by atoms with Gasteiger partial charge in [-0.1, -0.05) is 6.08 Å². The van der Waals surface area contributed by atoms with Crippen molar-refractivity contribution in [3.63, 3.8) is 0 Å². The van der Waals surface area contributed by atoms with Crippen molar-refractivity contribution < 1.29 is 9.47 Å². The second-order valence-electron chi connectivity index (χ2n) is 2.88. The van der Waals surface area contributed by atoms with E-state index in [9.17, 15) is 0 Å². The lowest BCUT2D eigenvalue weighted by Gasteiger charge is -2.22. The number of ether oxygens (including phenoxy) is 2. The summed E-state index contributed by atoms with van der Waals surface area (Å²) in [5.41, 5.74) is 1.25. The molecule has 0 aromatic rings. The van der Waals surface area contributed by atoms with Gasteiger partial charge in [-0.15, -0.1) is 0 Å². The summed E-state index contributed by atoms with van der Waals surface area (Å²) in [7, 11) is 0. The summed E-state index contributed by atoms with van der Waals surface area (Å²) in [5.74, 6) is -0.292. The van der Waals surface area contributed by atoms with Crippen LogP contribution >= 0.6 is 0 Å². The highest BCUT2D eigenvalue weighted by atomic mass is 16.7. The molecule has 1 aliphatic carbocycles. The third-order valence-electron chi connectivity index (χ3n) is 2.28. The lowest BCUT2D eigenvalue weighted by molar-refractivity contribution is -0.123. The monoisotopic (exact) mass is 140 g/mol. The molecule has 1 heterocycles. The molecular weight excluding hydrogens is 128 g/mol. The first-order valence-corrected chi connectivity index (χ1v) is 3.79. The van der Waals surface area contributed by atoms with Gasteiger partial charge in [-0.2, -0.15) is 0 Å². The zero-order valence-corrected chi connectivity index (χ0v) is 6.22. The molecule has 1 fully saturated rings. The minimum Gasteiger partial charge on any atom is -0.344 e. The Hall–Kier alpha value is -0.340. The van der Waals surface area contributed by atoms with Gasteiger partial charge in [0.15, 0.2) is 5.79 Å². The maximum absolute atomic E-state index is 5.52. The molecule has 2 aliphatic rings. The molecule has 0 N–H and O–H groups in total. The Labute approximate surface area is 60.8 Å². The van der Waals surface area contributed by atoms with Crippen molar-refractivity contribution in [1.29, 1.82) is 0 Å². The van der Waals surface area contributed by atoms with E-state index in [0.717, 1.165) is 26.1 Å². The second-order valence-corrected chi connectivity index (χ2v) is 2.88. The molecule has 1 aliphatic heterocycles. The van der Waals surface area contributed by atoms with E-state index >= 15 is 0 Å². The summed E-state index contributed by atoms with van der Waals surface area (Å²) in [4.78, 5) is 0. The van der Waals surface area contributed by atoms with Crippen molar-refractivity contribution in [1.82, 2.24) is 0 Å². The fraction of sp³-hybridized carbons (Fsp3) is 0.750. The van der Waals surface area contributed by atoms with Crippen molar-refractivity contribution in [2.45, 2.75) is 25.6 Å². The van der Waals surface area contributed by atoms with E-state index in [1.807, 2.05) is 0 Å². The van der Waals surface area contributed by atoms with Gasteiger partial charge in [-0.05, 0) is 18.9 Å². The highest BCUT2D eigenvalue weighted by molar-refractivity contribution is 5.17. The van der Waals surface area contributed by atoms with Gasteiger partial charge in [0.25, 0.3) is 0 Å². The quantitative estimate of drug-likeness (QED) is 0.474. The average molecular weight is 140 g/mol. The Balaban J connectivity index is 2.21. The van der Waals surface area contributed by atoms with E-state index in [1.165, 1.54) is 5.57 Å². The summed E-state index contributed by atoms with van der Waals surface area (Å²) < 4.78 is 11.0. The SMILES string of the molecule is CC1=CCCC12OCCO2. The maximum atomic E-state index is 5.52. The number of hydrogen-bond acceptors (Lipinski definition) is 2. The molecule has 0 unspecified atom stereocenters. The van der Waals surface area contributed by atoms with Crippen LogP contribution in [0.25, 0.3) is 0 Å². The van der Waals surface area contributed by atoms with Crippen LogP contribution in [0.15, 0.2) is 11.6 Å². The zero-order valence-electron chi connectivity index (χ0n) is 6.22. The number of allylic oxidation sites excluding steroid dienone is 1. The predicted octanol–water partition coefficient (Wildman–Crippen LogP) is 1.47. The van der Waals surface area contributed by atoms with E-state index in [2.05, 4.69) is 13.0 Å². The predicted molar refractivity (Wildman–Crippen MR) is 37.6 cm³/mol. The van der Waals surface area contributed by atoms with Gasteiger partial charge in [-0.3, -0.25) is 0 Å². The first-order chi connectivity index (χ1) is 4.83. The Bertz CT molecular complexity index is 166. The van der Waals surface area contributed by atoms with E-state index in [0.29, 0.717) is 0 Å². The highest BCUT2D eigenvalue weighted by Gasteiger charge is 2.40. The van der Waals surface area contributed by atoms with Crippen LogP contribution in [-0.4, -0.2) is 19.0 Å². The van der Waals surface area contributed by atoms with Crippen molar-refractivity contribution in [2.75, 3.05) is 13.2 Å². The van der Waals surface area contributed by atoms with Gasteiger partial charge >= 0.3 is 0 Å². The van der Waals surface area contributed by atoms with Gasteiger partial charge in [0, 0.05) is 6.42 Å². The molecule has 0 aromatic carbocycles. The summed E-state index contributed by atoms with van der Waals surface area (Å²) >= 11 is 0. The fourth-order valence-electron chi connectivity index (χ4n) is 1.66. The van der Waals surface area contributed by atoms with Crippen LogP contribution in [0.5, 0.6) is 0 Å². The van der Waals surface area contributed by atoms with E-state index in [4.69, 9.17) is 9.47 Å². The summed E-state index contributed by atoms with van der Waals surface area (Å²) in [5, 5.41) is 0. The molecule has 10 heavy (non-hydrogen) atoms. The van der Waals surface area contributed by atoms with E-state index in [1.54, 1.807) is 0 Å². The van der Waals surface area contributed by atoms with Crippen molar-refractivity contribution in [3.05, 3.63) is 11.6 Å². The Morgan fingerprint density at radius 1 is 1.40 bits per heavy atom. The lowest BCUT2D eigenvalue weighted by Crippen LogP contribution is -2.27. The molecule has 2 heteroatoms. The van der Waals surface area contributed by atoms with Gasteiger partial charge in [0.2, 0.25) is 0 Å². The standard InChI is InChI=1S/C8H12O2/c1-7-3-2-4-8(7)9-5-6-10-8/h3H,2,4-6H2,1H3. The van der Waals surface area contributed by atoms with Crippen molar-refractivity contribution in [3.8, 4) is 0 Å². The smallest absolute Gasteiger partial charge is 0.190 e. The molecule has 0 radical (unpaired) electrons. The number of hydrogen-bond donors (Lipinski definition) is 0. The van der Waals surface area contributed by atoms with Crippen LogP contribution < -0.4 is 0 Å². The normalized spacial score (nSPS) is 29.5. The van der Waals surface area contributed by atoms with Crippen molar-refractivity contribution >= 4 is 0 Å². The zero-order chi connectivity index (χ0) is 7.03. The molecule has 0 atom stereocenters. The van der Waals surface area contributed by atoms with E-state index < -0.39 is 0 Å². The topological polar surface area (TPSA) is 18.5 Å². The van der Waals surface area contributed by atoms with E-state index in [-0.39, 0.29) is 5.79 Å². The first kappa shape index (κ1) is 6.38. The summed E-state index contributed by atoms with van der Waals surface area (Å²) in [6.07, 6.45) is 4.32. The highest BCUT2D eigenvalue weighted by Crippen LogP contribution is 2.37. The molecule has 2 rings (SSSR count). The Morgan fingerprint density at radius 3 is 2.60 bits per heavy atom. The van der Waals surface area contributed by atoms with Gasteiger partial charge in [0.1, 0.15) is 0 Å². The molecule has 1 saturated heterocycles. The maximum Gasteiger partial charge on any atom is 0.190 e. The molecule has 0 saturated carbocycles. The largest absolute Gasteiger partial charge is 0.344 e. The second kappa shape index (κ2) is 2.07. The Morgan fingerprint density at radius 2 is 2.10 bits per heavy atom. The first-order valence-electron chi connectivity index (χ1n) is 3.79. The van der Waals surface area contributed by atoms with Crippen LogP contribution in [0, 0.1) is 0 Å². The van der Waals surface area contributed by atoms with Crippen LogP contribution in [-0.2, 0) is 9.47 Å². The molecule has 0 bridgehead atoms. The molecule has 0 amide bonds. The minimum absolute atomic E-state index is 0.292. The molecule has 2 nitrogen and oxygen atoms in total. The minimum atomic E-state index is -0.292. The van der Waals surface area contributed by atoms with Crippen LogP contribution in [0.1, 0.15) is 19.8 Å². The molecule has 56 valence electrons. The third kappa shape index (κ3) is 0.724. The molecule has 0 aromatic heterocycles. The third-order valence-corrected chi connectivity index (χ3v) is 2.28. The van der Waals surface area contributed by atoms with Crippen LogP contribution in [0.2, 0.25) is 0 Å². The molecular formula is C8H12O2. The lowest BCUT2D eigenvalue weighted by atomic mass is 10.1. The number of rotatable bonds is 0. The molecule has 1 spiro atoms. The Kier molecular flexibility index (Phi) is 1.32. The van der Waals surface area contributed by atoms with Gasteiger partial charge in [0.05, 0.1) is 13.2 Å².